The molecule has 2 aromatic rings. The Balaban J connectivity index is 1.75. The largest absolute Gasteiger partial charge is 0.496 e. The van der Waals surface area contributed by atoms with Crippen LogP contribution in [0.2, 0.25) is 0 Å². The summed E-state index contributed by atoms with van der Waals surface area (Å²) in [5.74, 6) is 1.25. The van der Waals surface area contributed by atoms with E-state index in [-0.39, 0.29) is 11.4 Å². The minimum absolute atomic E-state index is 0.0900. The molecular formula is C18H24N4O4S. The Hall–Kier alpha value is -2.23. The van der Waals surface area contributed by atoms with Crippen molar-refractivity contribution < 1.29 is 17.9 Å². The second-order valence-corrected chi connectivity index (χ2v) is 8.02. The van der Waals surface area contributed by atoms with Gasteiger partial charge in [0.1, 0.15) is 5.75 Å². The van der Waals surface area contributed by atoms with Crippen molar-refractivity contribution in [2.24, 2.45) is 0 Å². The maximum atomic E-state index is 12.7. The summed E-state index contributed by atoms with van der Waals surface area (Å²) in [6.45, 7) is 6.41. The topological polar surface area (TPSA) is 93.7 Å². The molecule has 27 heavy (non-hydrogen) atoms. The number of aromatic nitrogens is 2. The summed E-state index contributed by atoms with van der Waals surface area (Å²) in [6.07, 6.45) is 1.64. The quantitative estimate of drug-likeness (QED) is 0.794. The molecule has 1 aromatic carbocycles. The Labute approximate surface area is 159 Å². The molecule has 0 amide bonds. The Morgan fingerprint density at radius 2 is 1.93 bits per heavy atom. The predicted molar refractivity (Wildman–Crippen MR) is 102 cm³/mol. The van der Waals surface area contributed by atoms with E-state index in [1.165, 1.54) is 0 Å². The minimum atomic E-state index is -3.67. The number of nitrogens with zero attached hydrogens (tertiary/aromatic N) is 3. The van der Waals surface area contributed by atoms with Crippen LogP contribution < -0.4 is 14.4 Å². The number of anilines is 1. The molecule has 0 unspecified atom stereocenters. The van der Waals surface area contributed by atoms with E-state index in [9.17, 15) is 8.42 Å². The van der Waals surface area contributed by atoms with Crippen LogP contribution in [0.5, 0.6) is 5.75 Å². The fourth-order valence-electron chi connectivity index (χ4n) is 2.93. The summed E-state index contributed by atoms with van der Waals surface area (Å²) in [7, 11) is -2.11. The van der Waals surface area contributed by atoms with Crippen molar-refractivity contribution in [1.82, 2.24) is 14.7 Å². The smallest absolute Gasteiger partial charge is 0.241 e. The van der Waals surface area contributed by atoms with Crippen LogP contribution in [-0.4, -0.2) is 51.8 Å². The molecule has 0 saturated carbocycles. The molecule has 0 atom stereocenters. The number of rotatable bonds is 6. The second kappa shape index (κ2) is 8.20. The lowest BCUT2D eigenvalue weighted by molar-refractivity contribution is 0.122. The third kappa shape index (κ3) is 4.37. The number of sulfonamides is 1. The first-order valence-electron chi connectivity index (χ1n) is 8.71. The Bertz CT molecular complexity index is 912. The molecule has 9 heteroatoms. The summed E-state index contributed by atoms with van der Waals surface area (Å²) < 4.78 is 38.7. The molecule has 1 N–H and O–H groups in total. The monoisotopic (exact) mass is 392 g/mol. The van der Waals surface area contributed by atoms with Gasteiger partial charge in [-0.3, -0.25) is 0 Å². The summed E-state index contributed by atoms with van der Waals surface area (Å²) >= 11 is 0. The first-order chi connectivity index (χ1) is 12.9. The maximum absolute atomic E-state index is 12.7. The molecule has 1 fully saturated rings. The van der Waals surface area contributed by atoms with Crippen molar-refractivity contribution in [3.63, 3.8) is 0 Å². The second-order valence-electron chi connectivity index (χ2n) is 6.29. The number of hydrogen-bond acceptors (Lipinski definition) is 7. The Kier molecular flexibility index (Phi) is 5.93. The van der Waals surface area contributed by atoms with Crippen molar-refractivity contribution in [1.29, 1.82) is 0 Å². The van der Waals surface area contributed by atoms with Gasteiger partial charge in [0.2, 0.25) is 16.0 Å². The highest BCUT2D eigenvalue weighted by Gasteiger charge is 2.20. The van der Waals surface area contributed by atoms with Crippen LogP contribution in [0.25, 0.3) is 0 Å². The number of methoxy groups -OCH3 is 1. The summed E-state index contributed by atoms with van der Waals surface area (Å²) in [5, 5.41) is 0. The first kappa shape index (κ1) is 19.5. The fraction of sp³-hybridized carbons (Fsp3) is 0.444. The van der Waals surface area contributed by atoms with Gasteiger partial charge in [-0.05, 0) is 43.2 Å². The van der Waals surface area contributed by atoms with Crippen LogP contribution in [0, 0.1) is 13.8 Å². The number of ether oxygens (including phenoxy) is 2. The molecule has 0 spiro atoms. The average molecular weight is 392 g/mol. The van der Waals surface area contributed by atoms with E-state index < -0.39 is 10.0 Å². The summed E-state index contributed by atoms with van der Waals surface area (Å²) in [5.41, 5.74) is 2.08. The fourth-order valence-corrected chi connectivity index (χ4v) is 4.23. The van der Waals surface area contributed by atoms with Gasteiger partial charge in [-0.1, -0.05) is 0 Å². The van der Waals surface area contributed by atoms with Gasteiger partial charge < -0.3 is 14.4 Å². The molecule has 8 nitrogen and oxygen atoms in total. The highest BCUT2D eigenvalue weighted by Crippen LogP contribution is 2.26. The van der Waals surface area contributed by atoms with E-state index in [1.54, 1.807) is 38.4 Å². The molecule has 2 heterocycles. The molecule has 0 radical (unpaired) electrons. The van der Waals surface area contributed by atoms with E-state index in [0.717, 1.165) is 18.7 Å². The van der Waals surface area contributed by atoms with E-state index in [4.69, 9.17) is 9.47 Å². The maximum Gasteiger partial charge on any atom is 0.241 e. The molecular weight excluding hydrogens is 368 g/mol. The van der Waals surface area contributed by atoms with Crippen LogP contribution in [0.4, 0.5) is 5.95 Å². The van der Waals surface area contributed by atoms with Gasteiger partial charge in [0, 0.05) is 19.3 Å². The van der Waals surface area contributed by atoms with Crippen LogP contribution in [0.3, 0.4) is 0 Å². The van der Waals surface area contributed by atoms with E-state index >= 15 is 0 Å². The Morgan fingerprint density at radius 1 is 1.19 bits per heavy atom. The van der Waals surface area contributed by atoms with Gasteiger partial charge >= 0.3 is 0 Å². The van der Waals surface area contributed by atoms with E-state index in [1.807, 2.05) is 11.8 Å². The third-order valence-corrected chi connectivity index (χ3v) is 6.18. The molecule has 0 bridgehead atoms. The van der Waals surface area contributed by atoms with Gasteiger partial charge in [-0.15, -0.1) is 0 Å². The molecule has 1 aliphatic rings. The molecule has 0 aliphatic carbocycles. The summed E-state index contributed by atoms with van der Waals surface area (Å²) in [6, 6.07) is 4.93. The zero-order valence-electron chi connectivity index (χ0n) is 15.7. The first-order valence-corrected chi connectivity index (χ1v) is 10.2. The van der Waals surface area contributed by atoms with Gasteiger partial charge in [-0.25, -0.2) is 23.1 Å². The van der Waals surface area contributed by atoms with Gasteiger partial charge in [0.15, 0.2) is 0 Å². The zero-order chi connectivity index (χ0) is 19.4. The molecule has 3 rings (SSSR count). The average Bonchev–Trinajstić information content (AvgIpc) is 2.69. The SMILES string of the molecule is COc1ccc(S(=O)(=O)NCc2ccnc(N3CCOCC3)n2)c(C)c1C. The van der Waals surface area contributed by atoms with Crippen molar-refractivity contribution in [2.45, 2.75) is 25.3 Å². The van der Waals surface area contributed by atoms with Gasteiger partial charge in [0.05, 0.1) is 37.5 Å². The van der Waals surface area contributed by atoms with Crippen LogP contribution in [-0.2, 0) is 21.3 Å². The lowest BCUT2D eigenvalue weighted by Gasteiger charge is -2.26. The minimum Gasteiger partial charge on any atom is -0.496 e. The lowest BCUT2D eigenvalue weighted by Crippen LogP contribution is -2.37. The van der Waals surface area contributed by atoms with Gasteiger partial charge in [-0.2, -0.15) is 0 Å². The van der Waals surface area contributed by atoms with Gasteiger partial charge in [0.25, 0.3) is 0 Å². The van der Waals surface area contributed by atoms with Crippen LogP contribution >= 0.6 is 0 Å². The normalized spacial score (nSPS) is 15.0. The molecule has 146 valence electrons. The number of morpholine rings is 1. The zero-order valence-corrected chi connectivity index (χ0v) is 16.5. The standard InChI is InChI=1S/C18H24N4O4S/c1-13-14(2)17(5-4-16(13)25-3)27(23,24)20-12-15-6-7-19-18(21-15)22-8-10-26-11-9-22/h4-7,20H,8-12H2,1-3H3. The molecule has 1 aromatic heterocycles. The van der Waals surface area contributed by atoms with Crippen molar-refractivity contribution >= 4 is 16.0 Å². The van der Waals surface area contributed by atoms with Crippen molar-refractivity contribution in [2.75, 3.05) is 38.3 Å². The van der Waals surface area contributed by atoms with Crippen molar-refractivity contribution in [3.8, 4) is 5.75 Å². The lowest BCUT2D eigenvalue weighted by atomic mass is 10.1. The van der Waals surface area contributed by atoms with Crippen LogP contribution in [0.1, 0.15) is 16.8 Å². The third-order valence-electron chi connectivity index (χ3n) is 4.63. The van der Waals surface area contributed by atoms with Crippen LogP contribution in [0.15, 0.2) is 29.3 Å². The highest BCUT2D eigenvalue weighted by molar-refractivity contribution is 7.89. The molecule has 1 aliphatic heterocycles. The van der Waals surface area contributed by atoms with Crippen molar-refractivity contribution in [3.05, 3.63) is 41.2 Å². The number of benzene rings is 1. The highest BCUT2D eigenvalue weighted by atomic mass is 32.2. The number of hydrogen-bond donors (Lipinski definition) is 1. The summed E-state index contributed by atoms with van der Waals surface area (Å²) in [4.78, 5) is 11.0. The Morgan fingerprint density at radius 3 is 2.63 bits per heavy atom. The van der Waals surface area contributed by atoms with E-state index in [0.29, 0.717) is 36.2 Å². The molecule has 1 saturated heterocycles. The number of nitrogens with one attached hydrogen (secondary N) is 1. The predicted octanol–water partition coefficient (Wildman–Crippen LogP) is 1.42. The van der Waals surface area contributed by atoms with E-state index in [2.05, 4.69) is 14.7 Å².